The standard InChI is InChI=1S/C15H14F3NO3/c1-9(22-14(21)15(16,17)18)12-11(19-13(12)20)8-7-10-5-3-2-4-6-10/h2-9,11-12H,1H3,(H,19,20)/b8-7+/t9-,11-,12+/m0/s1. The molecule has 22 heavy (non-hydrogen) atoms. The highest BCUT2D eigenvalue weighted by Crippen LogP contribution is 2.26. The molecule has 7 heteroatoms. The predicted molar refractivity (Wildman–Crippen MR) is 72.5 cm³/mol. The molecule has 0 unspecified atom stereocenters. The van der Waals surface area contributed by atoms with Crippen LogP contribution in [0.2, 0.25) is 0 Å². The van der Waals surface area contributed by atoms with E-state index in [2.05, 4.69) is 10.1 Å². The summed E-state index contributed by atoms with van der Waals surface area (Å²) < 4.78 is 40.8. The van der Waals surface area contributed by atoms with Gasteiger partial charge >= 0.3 is 12.1 Å². The molecule has 2 rings (SSSR count). The Morgan fingerprint density at radius 1 is 1.32 bits per heavy atom. The maximum atomic E-state index is 12.2. The first-order valence-electron chi connectivity index (χ1n) is 6.60. The Balaban J connectivity index is 1.99. The third kappa shape index (κ3) is 3.66. The van der Waals surface area contributed by atoms with E-state index in [0.717, 1.165) is 5.56 Å². The molecule has 1 amide bonds. The average Bonchev–Trinajstić information content (AvgIpc) is 2.43. The van der Waals surface area contributed by atoms with Gasteiger partial charge in [0.2, 0.25) is 5.91 Å². The van der Waals surface area contributed by atoms with Crippen molar-refractivity contribution in [2.45, 2.75) is 25.2 Å². The van der Waals surface area contributed by atoms with E-state index < -0.39 is 36.1 Å². The molecular weight excluding hydrogens is 299 g/mol. The van der Waals surface area contributed by atoms with Crippen molar-refractivity contribution < 1.29 is 27.5 Å². The Kier molecular flexibility index (Phi) is 4.54. The summed E-state index contributed by atoms with van der Waals surface area (Å²) in [5.41, 5.74) is 0.891. The van der Waals surface area contributed by atoms with Crippen LogP contribution in [-0.2, 0) is 14.3 Å². The summed E-state index contributed by atoms with van der Waals surface area (Å²) in [7, 11) is 0. The van der Waals surface area contributed by atoms with E-state index in [4.69, 9.17) is 0 Å². The summed E-state index contributed by atoms with van der Waals surface area (Å²) in [6.45, 7) is 1.27. The first-order chi connectivity index (χ1) is 10.3. The summed E-state index contributed by atoms with van der Waals surface area (Å²) in [4.78, 5) is 22.3. The number of rotatable bonds is 4. The number of alkyl halides is 3. The number of nitrogens with one attached hydrogen (secondary N) is 1. The largest absolute Gasteiger partial charge is 0.490 e. The summed E-state index contributed by atoms with van der Waals surface area (Å²) in [6, 6.07) is 8.75. The van der Waals surface area contributed by atoms with Crippen molar-refractivity contribution in [3.05, 3.63) is 42.0 Å². The van der Waals surface area contributed by atoms with Crippen LogP contribution in [0.25, 0.3) is 6.08 Å². The van der Waals surface area contributed by atoms with E-state index in [1.54, 1.807) is 12.2 Å². The van der Waals surface area contributed by atoms with Crippen LogP contribution >= 0.6 is 0 Å². The van der Waals surface area contributed by atoms with Gasteiger partial charge in [-0.25, -0.2) is 4.79 Å². The Labute approximate surface area is 125 Å². The minimum atomic E-state index is -5.07. The zero-order valence-corrected chi connectivity index (χ0v) is 11.6. The molecule has 1 aliphatic rings. The van der Waals surface area contributed by atoms with Crippen LogP contribution in [0.3, 0.4) is 0 Å². The smallest absolute Gasteiger partial charge is 0.455 e. The Hall–Kier alpha value is -2.31. The molecule has 0 saturated carbocycles. The number of ether oxygens (including phenoxy) is 1. The first-order valence-corrected chi connectivity index (χ1v) is 6.60. The fourth-order valence-electron chi connectivity index (χ4n) is 2.18. The zero-order chi connectivity index (χ0) is 16.3. The van der Waals surface area contributed by atoms with Crippen molar-refractivity contribution in [3.8, 4) is 0 Å². The molecule has 1 aliphatic heterocycles. The van der Waals surface area contributed by atoms with Crippen molar-refractivity contribution >= 4 is 18.0 Å². The van der Waals surface area contributed by atoms with Gasteiger partial charge in [-0.3, -0.25) is 4.79 Å². The third-order valence-electron chi connectivity index (χ3n) is 3.32. The Bertz CT molecular complexity index is 583. The molecule has 0 spiro atoms. The fourth-order valence-corrected chi connectivity index (χ4v) is 2.18. The summed E-state index contributed by atoms with van der Waals surface area (Å²) >= 11 is 0. The molecule has 0 aromatic heterocycles. The van der Waals surface area contributed by atoms with Crippen molar-refractivity contribution in [2.75, 3.05) is 0 Å². The minimum Gasteiger partial charge on any atom is -0.455 e. The van der Waals surface area contributed by atoms with Gasteiger partial charge in [-0.05, 0) is 12.5 Å². The lowest BCUT2D eigenvalue weighted by Crippen LogP contribution is -2.61. The van der Waals surface area contributed by atoms with Crippen molar-refractivity contribution in [3.63, 3.8) is 0 Å². The number of hydrogen-bond donors (Lipinski definition) is 1. The van der Waals surface area contributed by atoms with Gasteiger partial charge in [0.05, 0.1) is 12.0 Å². The van der Waals surface area contributed by atoms with Gasteiger partial charge in [0.15, 0.2) is 0 Å². The molecule has 0 bridgehead atoms. The highest BCUT2D eigenvalue weighted by atomic mass is 19.4. The van der Waals surface area contributed by atoms with Crippen LogP contribution in [0.15, 0.2) is 36.4 Å². The number of carbonyl (C=O) groups excluding carboxylic acids is 2. The van der Waals surface area contributed by atoms with Crippen LogP contribution in [0.5, 0.6) is 0 Å². The molecule has 1 N–H and O–H groups in total. The fraction of sp³-hybridized carbons (Fsp3) is 0.333. The lowest BCUT2D eigenvalue weighted by atomic mass is 9.85. The van der Waals surface area contributed by atoms with Gasteiger partial charge in [-0.1, -0.05) is 42.5 Å². The topological polar surface area (TPSA) is 55.4 Å². The van der Waals surface area contributed by atoms with Gasteiger partial charge in [0, 0.05) is 0 Å². The molecule has 1 saturated heterocycles. The Morgan fingerprint density at radius 2 is 1.95 bits per heavy atom. The molecule has 3 atom stereocenters. The third-order valence-corrected chi connectivity index (χ3v) is 3.32. The second-order valence-corrected chi connectivity index (χ2v) is 4.94. The number of benzene rings is 1. The van der Waals surface area contributed by atoms with Crippen LogP contribution in [0.4, 0.5) is 13.2 Å². The van der Waals surface area contributed by atoms with Crippen LogP contribution < -0.4 is 5.32 Å². The number of esters is 1. The number of amides is 1. The zero-order valence-electron chi connectivity index (χ0n) is 11.6. The SMILES string of the molecule is C[C@H](OC(=O)C(F)(F)F)[C@H]1C(=O)N[C@H]1/C=C/c1ccccc1. The summed E-state index contributed by atoms with van der Waals surface area (Å²) in [6.07, 6.45) is -2.81. The second-order valence-electron chi connectivity index (χ2n) is 4.94. The molecule has 0 radical (unpaired) electrons. The maximum absolute atomic E-state index is 12.2. The molecule has 1 aromatic rings. The summed E-state index contributed by atoms with van der Waals surface area (Å²) in [5.74, 6) is -3.55. The normalized spacial score (nSPS) is 22.8. The van der Waals surface area contributed by atoms with Crippen molar-refractivity contribution in [2.24, 2.45) is 5.92 Å². The van der Waals surface area contributed by atoms with E-state index in [1.807, 2.05) is 30.3 Å². The van der Waals surface area contributed by atoms with Crippen molar-refractivity contribution in [1.82, 2.24) is 5.32 Å². The number of halogens is 3. The molecular formula is C15H14F3NO3. The highest BCUT2D eigenvalue weighted by molar-refractivity contribution is 5.88. The highest BCUT2D eigenvalue weighted by Gasteiger charge is 2.47. The van der Waals surface area contributed by atoms with Gasteiger partial charge in [-0.15, -0.1) is 0 Å². The van der Waals surface area contributed by atoms with Gasteiger partial charge < -0.3 is 10.1 Å². The lowest BCUT2D eigenvalue weighted by molar-refractivity contribution is -0.207. The first kappa shape index (κ1) is 16.1. The molecule has 118 valence electrons. The van der Waals surface area contributed by atoms with E-state index in [9.17, 15) is 22.8 Å². The molecule has 4 nitrogen and oxygen atoms in total. The van der Waals surface area contributed by atoms with Gasteiger partial charge in [0.25, 0.3) is 0 Å². The predicted octanol–water partition coefficient (Wildman–Crippen LogP) is 2.31. The van der Waals surface area contributed by atoms with Gasteiger partial charge in [-0.2, -0.15) is 13.2 Å². The van der Waals surface area contributed by atoms with Gasteiger partial charge in [0.1, 0.15) is 6.10 Å². The van der Waals surface area contributed by atoms with E-state index in [0.29, 0.717) is 0 Å². The number of hydrogen-bond acceptors (Lipinski definition) is 3. The average molecular weight is 313 g/mol. The van der Waals surface area contributed by atoms with E-state index >= 15 is 0 Å². The molecule has 1 heterocycles. The summed E-state index contributed by atoms with van der Waals surface area (Å²) in [5, 5.41) is 2.56. The Morgan fingerprint density at radius 3 is 2.50 bits per heavy atom. The molecule has 1 fully saturated rings. The number of carbonyl (C=O) groups is 2. The van der Waals surface area contributed by atoms with E-state index in [1.165, 1.54) is 6.92 Å². The van der Waals surface area contributed by atoms with Crippen LogP contribution in [0.1, 0.15) is 12.5 Å². The lowest BCUT2D eigenvalue weighted by Gasteiger charge is -2.38. The maximum Gasteiger partial charge on any atom is 0.490 e. The molecule has 0 aliphatic carbocycles. The monoisotopic (exact) mass is 313 g/mol. The quantitative estimate of drug-likeness (QED) is 0.685. The minimum absolute atomic E-state index is 0.440. The number of β-lactam (4-membered cyclic amide) rings is 1. The van der Waals surface area contributed by atoms with Crippen molar-refractivity contribution in [1.29, 1.82) is 0 Å². The second kappa shape index (κ2) is 6.21. The molecule has 1 aromatic carbocycles. The van der Waals surface area contributed by atoms with Crippen LogP contribution in [-0.4, -0.2) is 30.2 Å². The van der Waals surface area contributed by atoms with Crippen LogP contribution in [0, 0.1) is 5.92 Å². The van der Waals surface area contributed by atoms with E-state index in [-0.39, 0.29) is 0 Å².